The summed E-state index contributed by atoms with van der Waals surface area (Å²) in [5, 5.41) is 17.5. The highest BCUT2D eigenvalue weighted by molar-refractivity contribution is 8.01. The normalized spacial score (nSPS) is 11.9. The summed E-state index contributed by atoms with van der Waals surface area (Å²) in [6.07, 6.45) is 1.08. The van der Waals surface area contributed by atoms with E-state index in [0.29, 0.717) is 15.8 Å². The fraction of sp³-hybridized carbons (Fsp3) is 0.214. The largest absolute Gasteiger partial charge is 0.259 e. The number of rotatable bonds is 7. The lowest BCUT2D eigenvalue weighted by atomic mass is 10.2. The lowest BCUT2D eigenvalue weighted by Gasteiger charge is -1.97. The Labute approximate surface area is 162 Å². The molecule has 3 rings (SSSR count). The molecule has 0 amide bonds. The van der Waals surface area contributed by atoms with Crippen LogP contribution < -0.4 is 4.72 Å². The molecule has 0 atom stereocenters. The summed E-state index contributed by atoms with van der Waals surface area (Å²) < 4.78 is 26.2. The smallest absolute Gasteiger partial charge is 0.252 e. The summed E-state index contributed by atoms with van der Waals surface area (Å²) in [5.41, 5.74) is 1.37. The standard InChI is InChI=1S/C14H14N6O2S4/c1-3-23-14-19-18-13(25-14)17-16-11-10(9-7-5-4-6-8-9)15-12(24-11)20-26(2,21)22/h4-8H,3H2,1-2H3,(H,15,20). The maximum atomic E-state index is 11.5. The predicted molar refractivity (Wildman–Crippen MR) is 106 cm³/mol. The van der Waals surface area contributed by atoms with Gasteiger partial charge >= 0.3 is 0 Å². The van der Waals surface area contributed by atoms with Gasteiger partial charge in [-0.1, -0.05) is 71.7 Å². The van der Waals surface area contributed by atoms with Gasteiger partial charge in [-0.15, -0.1) is 20.4 Å². The summed E-state index contributed by atoms with van der Waals surface area (Å²) in [6, 6.07) is 9.38. The van der Waals surface area contributed by atoms with Gasteiger partial charge in [0, 0.05) is 5.56 Å². The van der Waals surface area contributed by atoms with Crippen molar-refractivity contribution in [3.63, 3.8) is 0 Å². The van der Waals surface area contributed by atoms with Gasteiger partial charge < -0.3 is 0 Å². The second-order valence-electron chi connectivity index (χ2n) is 4.90. The summed E-state index contributed by atoms with van der Waals surface area (Å²) in [4.78, 5) is 4.35. The van der Waals surface area contributed by atoms with E-state index in [1.54, 1.807) is 11.8 Å². The second-order valence-corrected chi connectivity index (χ2v) is 10.1. The number of thioether (sulfide) groups is 1. The van der Waals surface area contributed by atoms with E-state index in [0.717, 1.165) is 33.2 Å². The van der Waals surface area contributed by atoms with Crippen molar-refractivity contribution in [2.75, 3.05) is 16.7 Å². The Morgan fingerprint density at radius 3 is 2.62 bits per heavy atom. The summed E-state index contributed by atoms with van der Waals surface area (Å²) in [7, 11) is -3.43. The number of benzene rings is 1. The lowest BCUT2D eigenvalue weighted by molar-refractivity contribution is 0.607. The van der Waals surface area contributed by atoms with Crippen LogP contribution in [0.2, 0.25) is 0 Å². The van der Waals surface area contributed by atoms with Crippen molar-refractivity contribution < 1.29 is 8.42 Å². The van der Waals surface area contributed by atoms with Gasteiger partial charge in [0.25, 0.3) is 5.13 Å². The average molecular weight is 427 g/mol. The molecule has 26 heavy (non-hydrogen) atoms. The molecule has 1 N–H and O–H groups in total. The van der Waals surface area contributed by atoms with Crippen LogP contribution in [-0.4, -0.2) is 35.6 Å². The van der Waals surface area contributed by atoms with Crippen LogP contribution in [0, 0.1) is 0 Å². The molecular formula is C14H14N6O2S4. The Morgan fingerprint density at radius 1 is 1.15 bits per heavy atom. The minimum Gasteiger partial charge on any atom is -0.259 e. The quantitative estimate of drug-likeness (QED) is 0.438. The van der Waals surface area contributed by atoms with Crippen LogP contribution in [0.4, 0.5) is 15.3 Å². The Morgan fingerprint density at radius 2 is 1.92 bits per heavy atom. The van der Waals surface area contributed by atoms with Gasteiger partial charge in [-0.25, -0.2) is 13.4 Å². The molecule has 1 aromatic carbocycles. The topological polar surface area (TPSA) is 110 Å². The van der Waals surface area contributed by atoms with Crippen molar-refractivity contribution in [3.05, 3.63) is 30.3 Å². The number of azo groups is 1. The molecule has 0 unspecified atom stereocenters. The van der Waals surface area contributed by atoms with Gasteiger partial charge in [0.05, 0.1) is 6.26 Å². The molecule has 0 saturated heterocycles. The molecule has 0 aliphatic carbocycles. The molecule has 0 bridgehead atoms. The third kappa shape index (κ3) is 5.06. The number of aromatic nitrogens is 3. The summed E-state index contributed by atoms with van der Waals surface area (Å²) in [6.45, 7) is 2.03. The second kappa shape index (κ2) is 8.20. The fourth-order valence-corrected chi connectivity index (χ4v) is 5.08. The zero-order valence-corrected chi connectivity index (χ0v) is 17.0. The van der Waals surface area contributed by atoms with Crippen molar-refractivity contribution in [3.8, 4) is 11.3 Å². The van der Waals surface area contributed by atoms with Crippen LogP contribution in [0.25, 0.3) is 11.3 Å². The van der Waals surface area contributed by atoms with Gasteiger partial charge in [0.15, 0.2) is 14.5 Å². The molecular weight excluding hydrogens is 412 g/mol. The SMILES string of the molecule is CCSc1nnc(N=Nc2sc(NS(C)(=O)=O)nc2-c2ccccc2)s1. The van der Waals surface area contributed by atoms with E-state index in [9.17, 15) is 8.42 Å². The molecule has 2 heterocycles. The Hall–Kier alpha value is -1.89. The fourth-order valence-electron chi connectivity index (χ4n) is 1.88. The highest BCUT2D eigenvalue weighted by Gasteiger charge is 2.15. The van der Waals surface area contributed by atoms with Crippen molar-refractivity contribution in [2.45, 2.75) is 11.3 Å². The van der Waals surface area contributed by atoms with E-state index in [-0.39, 0.29) is 5.13 Å². The van der Waals surface area contributed by atoms with E-state index in [4.69, 9.17) is 0 Å². The van der Waals surface area contributed by atoms with Gasteiger partial charge in [0.1, 0.15) is 5.69 Å². The maximum Gasteiger partial charge on any atom is 0.252 e. The predicted octanol–water partition coefficient (Wildman–Crippen LogP) is 4.56. The first kappa shape index (κ1) is 18.9. The number of thiazole rings is 1. The highest BCUT2D eigenvalue weighted by Crippen LogP contribution is 2.39. The first-order valence-corrected chi connectivity index (χ1v) is 11.9. The zero-order chi connectivity index (χ0) is 18.6. The Bertz CT molecular complexity index is 1010. The highest BCUT2D eigenvalue weighted by atomic mass is 32.2. The molecule has 136 valence electrons. The number of anilines is 1. The number of sulfonamides is 1. The van der Waals surface area contributed by atoms with Gasteiger partial charge in [-0.2, -0.15) is 0 Å². The molecule has 0 saturated carbocycles. The molecule has 2 aromatic heterocycles. The average Bonchev–Trinajstić information content (AvgIpc) is 3.19. The molecule has 12 heteroatoms. The molecule has 0 radical (unpaired) electrons. The maximum absolute atomic E-state index is 11.5. The van der Waals surface area contributed by atoms with E-state index >= 15 is 0 Å². The van der Waals surface area contributed by atoms with Crippen LogP contribution in [0.1, 0.15) is 6.92 Å². The number of nitrogens with one attached hydrogen (secondary N) is 1. The third-order valence-electron chi connectivity index (χ3n) is 2.82. The van der Waals surface area contributed by atoms with Crippen LogP contribution in [0.15, 0.2) is 44.9 Å². The Balaban J connectivity index is 1.94. The lowest BCUT2D eigenvalue weighted by Crippen LogP contribution is -2.08. The van der Waals surface area contributed by atoms with E-state index in [1.165, 1.54) is 11.3 Å². The molecule has 8 nitrogen and oxygen atoms in total. The summed E-state index contributed by atoms with van der Waals surface area (Å²) >= 11 is 4.04. The van der Waals surface area contributed by atoms with Crippen LogP contribution in [0.5, 0.6) is 0 Å². The minimum absolute atomic E-state index is 0.236. The summed E-state index contributed by atoms with van der Waals surface area (Å²) in [5.74, 6) is 0.902. The van der Waals surface area contributed by atoms with Gasteiger partial charge in [-0.3, -0.25) is 4.72 Å². The van der Waals surface area contributed by atoms with E-state index in [1.807, 2.05) is 37.3 Å². The van der Waals surface area contributed by atoms with Gasteiger partial charge in [0.2, 0.25) is 10.0 Å². The van der Waals surface area contributed by atoms with E-state index in [2.05, 4.69) is 30.1 Å². The molecule has 0 aliphatic rings. The third-order valence-corrected chi connectivity index (χ3v) is 6.19. The van der Waals surface area contributed by atoms with Crippen LogP contribution >= 0.6 is 34.4 Å². The number of nitrogens with zero attached hydrogens (tertiary/aromatic N) is 5. The van der Waals surface area contributed by atoms with Gasteiger partial charge in [-0.05, 0) is 5.75 Å². The van der Waals surface area contributed by atoms with Crippen molar-refractivity contribution in [1.29, 1.82) is 0 Å². The van der Waals surface area contributed by atoms with Crippen molar-refractivity contribution in [2.24, 2.45) is 10.2 Å². The first-order chi connectivity index (χ1) is 12.4. The van der Waals surface area contributed by atoms with Crippen molar-refractivity contribution in [1.82, 2.24) is 15.2 Å². The van der Waals surface area contributed by atoms with Crippen molar-refractivity contribution >= 4 is 59.7 Å². The molecule has 0 aliphatic heterocycles. The first-order valence-electron chi connectivity index (χ1n) is 7.36. The molecule has 0 fully saturated rings. The van der Waals surface area contributed by atoms with Crippen LogP contribution in [0.3, 0.4) is 0 Å². The molecule has 3 aromatic rings. The monoisotopic (exact) mass is 426 g/mol. The molecule has 0 spiro atoms. The Kier molecular flexibility index (Phi) is 5.96. The van der Waals surface area contributed by atoms with Crippen LogP contribution in [-0.2, 0) is 10.0 Å². The zero-order valence-electron chi connectivity index (χ0n) is 13.8. The minimum atomic E-state index is -3.43. The van der Waals surface area contributed by atoms with E-state index < -0.39 is 10.0 Å². The number of hydrogen-bond donors (Lipinski definition) is 1. The number of hydrogen-bond acceptors (Lipinski definition) is 10.